The first-order chi connectivity index (χ1) is 14.2. The van der Waals surface area contributed by atoms with Crippen molar-refractivity contribution in [2.24, 2.45) is 0 Å². The summed E-state index contributed by atoms with van der Waals surface area (Å²) in [6, 6.07) is 10.8. The highest BCUT2D eigenvalue weighted by atomic mass is 31.0. The van der Waals surface area contributed by atoms with Crippen molar-refractivity contribution in [1.29, 1.82) is 0 Å². The fraction of sp³-hybridized carbons (Fsp3) is 0.538. The molecule has 3 heteroatoms. The van der Waals surface area contributed by atoms with Gasteiger partial charge in [-0.1, -0.05) is 56.7 Å². The molecule has 2 fully saturated rings. The largest absolute Gasteiger partial charge is 0.496 e. The van der Waals surface area contributed by atoms with Gasteiger partial charge < -0.3 is 9.47 Å². The molecule has 2 aliphatic carbocycles. The SMILES string of the molecule is COc1cccc(OC)c1-c1ccc(C2CCCCC2)c(C2CCCCC2)c1P. The van der Waals surface area contributed by atoms with Gasteiger partial charge in [0, 0.05) is 0 Å². The van der Waals surface area contributed by atoms with E-state index in [1.807, 2.05) is 18.2 Å². The highest BCUT2D eigenvalue weighted by Gasteiger charge is 2.28. The quantitative estimate of drug-likeness (QED) is 0.496. The molecule has 0 bridgehead atoms. The predicted octanol–water partition coefficient (Wildman–Crippen LogP) is 6.97. The van der Waals surface area contributed by atoms with E-state index in [9.17, 15) is 0 Å². The van der Waals surface area contributed by atoms with E-state index in [1.165, 1.54) is 75.1 Å². The number of benzene rings is 2. The van der Waals surface area contributed by atoms with Gasteiger partial charge in [0.2, 0.25) is 0 Å². The maximum absolute atomic E-state index is 5.74. The Morgan fingerprint density at radius 2 is 1.28 bits per heavy atom. The zero-order valence-corrected chi connectivity index (χ0v) is 19.2. The Kier molecular flexibility index (Phi) is 6.81. The molecule has 2 nitrogen and oxygen atoms in total. The summed E-state index contributed by atoms with van der Waals surface area (Å²) in [6.07, 6.45) is 13.6. The van der Waals surface area contributed by atoms with Gasteiger partial charge in [0.05, 0.1) is 19.8 Å². The van der Waals surface area contributed by atoms with Crippen molar-refractivity contribution in [2.45, 2.75) is 76.0 Å². The fourth-order valence-corrected chi connectivity index (χ4v) is 6.25. The Balaban J connectivity index is 1.87. The van der Waals surface area contributed by atoms with Crippen LogP contribution in [-0.4, -0.2) is 14.2 Å². The summed E-state index contributed by atoms with van der Waals surface area (Å²) in [5, 5.41) is 1.36. The van der Waals surface area contributed by atoms with E-state index in [2.05, 4.69) is 21.4 Å². The van der Waals surface area contributed by atoms with E-state index in [0.29, 0.717) is 5.92 Å². The van der Waals surface area contributed by atoms with E-state index < -0.39 is 0 Å². The van der Waals surface area contributed by atoms with Gasteiger partial charge in [-0.25, -0.2) is 0 Å². The van der Waals surface area contributed by atoms with Gasteiger partial charge in [-0.2, -0.15) is 0 Å². The lowest BCUT2D eigenvalue weighted by Crippen LogP contribution is -2.20. The van der Waals surface area contributed by atoms with Crippen LogP contribution in [0.2, 0.25) is 0 Å². The van der Waals surface area contributed by atoms with Crippen molar-refractivity contribution in [1.82, 2.24) is 0 Å². The number of hydrogen-bond donors (Lipinski definition) is 0. The van der Waals surface area contributed by atoms with Gasteiger partial charge in [-0.05, 0) is 71.6 Å². The highest BCUT2D eigenvalue weighted by molar-refractivity contribution is 7.28. The topological polar surface area (TPSA) is 18.5 Å². The van der Waals surface area contributed by atoms with Gasteiger partial charge in [0.15, 0.2) is 0 Å². The van der Waals surface area contributed by atoms with Gasteiger partial charge in [-0.15, -0.1) is 9.24 Å². The first-order valence-electron chi connectivity index (χ1n) is 11.4. The molecule has 0 amide bonds. The summed E-state index contributed by atoms with van der Waals surface area (Å²) in [5.41, 5.74) is 5.56. The van der Waals surface area contributed by atoms with E-state index in [-0.39, 0.29) is 0 Å². The van der Waals surface area contributed by atoms with Crippen molar-refractivity contribution in [3.05, 3.63) is 41.5 Å². The second-order valence-electron chi connectivity index (χ2n) is 8.74. The van der Waals surface area contributed by atoms with Crippen LogP contribution < -0.4 is 14.8 Å². The van der Waals surface area contributed by atoms with Gasteiger partial charge in [0.1, 0.15) is 11.5 Å². The molecule has 2 aromatic carbocycles. The maximum atomic E-state index is 5.74. The number of ether oxygens (including phenoxy) is 2. The zero-order valence-electron chi connectivity index (χ0n) is 18.0. The first-order valence-corrected chi connectivity index (χ1v) is 12.0. The van der Waals surface area contributed by atoms with Crippen LogP contribution in [0.25, 0.3) is 11.1 Å². The number of methoxy groups -OCH3 is 2. The summed E-state index contributed by atoms with van der Waals surface area (Å²) >= 11 is 0. The summed E-state index contributed by atoms with van der Waals surface area (Å²) in [7, 11) is 6.62. The smallest absolute Gasteiger partial charge is 0.130 e. The predicted molar refractivity (Wildman–Crippen MR) is 126 cm³/mol. The molecular formula is C26H35O2P. The molecule has 2 aromatic rings. The Bertz CT molecular complexity index is 811. The normalized spacial score (nSPS) is 18.6. The molecule has 29 heavy (non-hydrogen) atoms. The van der Waals surface area contributed by atoms with Crippen LogP contribution in [0.3, 0.4) is 0 Å². The molecule has 1 unspecified atom stereocenters. The minimum Gasteiger partial charge on any atom is -0.496 e. The monoisotopic (exact) mass is 410 g/mol. The summed E-state index contributed by atoms with van der Waals surface area (Å²) in [5.74, 6) is 3.18. The summed E-state index contributed by atoms with van der Waals surface area (Å²) in [6.45, 7) is 0. The lowest BCUT2D eigenvalue weighted by atomic mass is 9.75. The standard InChI is InChI=1S/C26H35O2P/c1-27-22-14-9-15-23(28-2)25(22)21-17-16-20(18-10-5-3-6-11-18)24(26(21)29)19-12-7-4-8-13-19/h9,14-19H,3-8,10-13,29H2,1-2H3. The molecule has 0 saturated heterocycles. The summed E-state index contributed by atoms with van der Waals surface area (Å²) in [4.78, 5) is 0. The van der Waals surface area contributed by atoms with Crippen LogP contribution in [0, 0.1) is 0 Å². The minimum atomic E-state index is 0.689. The second kappa shape index (κ2) is 9.52. The van der Waals surface area contributed by atoms with Crippen LogP contribution >= 0.6 is 9.24 Å². The number of hydrogen-bond acceptors (Lipinski definition) is 2. The van der Waals surface area contributed by atoms with Crippen LogP contribution in [0.15, 0.2) is 30.3 Å². The van der Waals surface area contributed by atoms with Crippen molar-refractivity contribution in [3.8, 4) is 22.6 Å². The van der Waals surface area contributed by atoms with Crippen LogP contribution in [-0.2, 0) is 0 Å². The molecule has 4 rings (SSSR count). The Morgan fingerprint density at radius 1 is 0.724 bits per heavy atom. The van der Waals surface area contributed by atoms with Gasteiger partial charge in [0.25, 0.3) is 0 Å². The van der Waals surface area contributed by atoms with E-state index >= 15 is 0 Å². The lowest BCUT2D eigenvalue weighted by Gasteiger charge is -2.32. The van der Waals surface area contributed by atoms with Crippen molar-refractivity contribution < 1.29 is 9.47 Å². The Hall–Kier alpha value is -1.53. The average molecular weight is 411 g/mol. The molecular weight excluding hydrogens is 375 g/mol. The summed E-state index contributed by atoms with van der Waals surface area (Å²) < 4.78 is 11.5. The zero-order chi connectivity index (χ0) is 20.2. The van der Waals surface area contributed by atoms with Gasteiger partial charge >= 0.3 is 0 Å². The third-order valence-corrected chi connectivity index (χ3v) is 7.70. The Morgan fingerprint density at radius 3 is 1.83 bits per heavy atom. The molecule has 0 aromatic heterocycles. The molecule has 2 aliphatic rings. The third-order valence-electron chi connectivity index (χ3n) is 7.08. The molecule has 0 radical (unpaired) electrons. The molecule has 0 heterocycles. The molecule has 0 N–H and O–H groups in total. The van der Waals surface area contributed by atoms with Crippen LogP contribution in [0.5, 0.6) is 11.5 Å². The highest BCUT2D eigenvalue weighted by Crippen LogP contribution is 2.45. The minimum absolute atomic E-state index is 0.689. The average Bonchev–Trinajstić information content (AvgIpc) is 2.79. The molecule has 0 aliphatic heterocycles. The van der Waals surface area contributed by atoms with E-state index in [4.69, 9.17) is 9.47 Å². The van der Waals surface area contributed by atoms with Crippen LogP contribution in [0.1, 0.15) is 87.2 Å². The van der Waals surface area contributed by atoms with Crippen molar-refractivity contribution in [2.75, 3.05) is 14.2 Å². The number of rotatable bonds is 5. The van der Waals surface area contributed by atoms with Gasteiger partial charge in [-0.3, -0.25) is 0 Å². The third kappa shape index (κ3) is 4.19. The molecule has 1 atom stereocenters. The van der Waals surface area contributed by atoms with E-state index in [1.54, 1.807) is 25.3 Å². The first kappa shape index (κ1) is 20.7. The Labute approximate surface area is 178 Å². The lowest BCUT2D eigenvalue weighted by molar-refractivity contribution is 0.397. The van der Waals surface area contributed by atoms with Crippen LogP contribution in [0.4, 0.5) is 0 Å². The molecule has 156 valence electrons. The van der Waals surface area contributed by atoms with E-state index in [0.717, 1.165) is 23.0 Å². The maximum Gasteiger partial charge on any atom is 0.130 e. The fourth-order valence-electron chi connectivity index (χ4n) is 5.60. The second-order valence-corrected chi connectivity index (χ2v) is 9.31. The van der Waals surface area contributed by atoms with Crippen molar-refractivity contribution >= 4 is 14.5 Å². The molecule has 0 spiro atoms. The molecule has 2 saturated carbocycles. The van der Waals surface area contributed by atoms with Crippen molar-refractivity contribution in [3.63, 3.8) is 0 Å².